The van der Waals surface area contributed by atoms with Crippen LogP contribution in [0.15, 0.2) is 24.3 Å². The van der Waals surface area contributed by atoms with E-state index in [2.05, 4.69) is 6.92 Å². The number of methoxy groups -OCH3 is 1. The van der Waals surface area contributed by atoms with Crippen molar-refractivity contribution in [3.63, 3.8) is 0 Å². The van der Waals surface area contributed by atoms with Gasteiger partial charge in [0.2, 0.25) is 0 Å². The molecule has 0 aliphatic heterocycles. The third-order valence-corrected chi connectivity index (χ3v) is 2.31. The van der Waals surface area contributed by atoms with Crippen molar-refractivity contribution in [1.29, 1.82) is 0 Å². The molecule has 0 amide bonds. The molecule has 0 atom stereocenters. The van der Waals surface area contributed by atoms with Gasteiger partial charge in [0, 0.05) is 6.07 Å². The van der Waals surface area contributed by atoms with Crippen molar-refractivity contribution in [3.8, 4) is 11.5 Å². The fourth-order valence-electron chi connectivity index (χ4n) is 1.41. The average molecular weight is 208 g/mol. The number of rotatable bonds is 7. The summed E-state index contributed by atoms with van der Waals surface area (Å²) in [5, 5.41) is 0. The zero-order valence-corrected chi connectivity index (χ0v) is 9.66. The Morgan fingerprint density at radius 1 is 1.07 bits per heavy atom. The van der Waals surface area contributed by atoms with Crippen molar-refractivity contribution in [2.75, 3.05) is 13.7 Å². The van der Waals surface area contributed by atoms with Crippen LogP contribution in [0.5, 0.6) is 11.5 Å². The van der Waals surface area contributed by atoms with E-state index in [-0.39, 0.29) is 0 Å². The molecular weight excluding hydrogens is 188 g/mol. The molecule has 0 spiro atoms. The zero-order chi connectivity index (χ0) is 10.9. The number of hydrogen-bond donors (Lipinski definition) is 0. The first-order valence-electron chi connectivity index (χ1n) is 5.63. The second-order valence-electron chi connectivity index (χ2n) is 3.59. The predicted octanol–water partition coefficient (Wildman–Crippen LogP) is 3.65. The summed E-state index contributed by atoms with van der Waals surface area (Å²) in [4.78, 5) is 0. The van der Waals surface area contributed by atoms with Gasteiger partial charge in [-0.3, -0.25) is 0 Å². The number of unbranched alkanes of at least 4 members (excludes halogenated alkanes) is 3. The van der Waals surface area contributed by atoms with Crippen LogP contribution in [-0.4, -0.2) is 13.7 Å². The smallest absolute Gasteiger partial charge is 0.122 e. The largest absolute Gasteiger partial charge is 0.497 e. The lowest BCUT2D eigenvalue weighted by atomic mass is 10.2. The van der Waals surface area contributed by atoms with Crippen LogP contribution in [0, 0.1) is 0 Å². The SMILES string of the molecule is CCCCCCOc1cccc(OC)c1. The maximum absolute atomic E-state index is 5.62. The van der Waals surface area contributed by atoms with Crippen LogP contribution in [0.3, 0.4) is 0 Å². The highest BCUT2D eigenvalue weighted by Gasteiger charge is 1.96. The van der Waals surface area contributed by atoms with Crippen LogP contribution in [0.2, 0.25) is 0 Å². The molecule has 84 valence electrons. The van der Waals surface area contributed by atoms with Gasteiger partial charge in [-0.1, -0.05) is 32.3 Å². The summed E-state index contributed by atoms with van der Waals surface area (Å²) in [6, 6.07) is 7.74. The van der Waals surface area contributed by atoms with Gasteiger partial charge < -0.3 is 9.47 Å². The normalized spacial score (nSPS) is 10.0. The minimum Gasteiger partial charge on any atom is -0.497 e. The van der Waals surface area contributed by atoms with Crippen molar-refractivity contribution in [1.82, 2.24) is 0 Å². The Labute approximate surface area is 92.2 Å². The number of benzene rings is 1. The molecule has 0 saturated heterocycles. The molecule has 1 rings (SSSR count). The molecule has 1 aromatic carbocycles. The van der Waals surface area contributed by atoms with Gasteiger partial charge in [-0.05, 0) is 18.6 Å². The summed E-state index contributed by atoms with van der Waals surface area (Å²) in [7, 11) is 1.67. The summed E-state index contributed by atoms with van der Waals surface area (Å²) in [6.07, 6.45) is 4.94. The van der Waals surface area contributed by atoms with Gasteiger partial charge in [0.15, 0.2) is 0 Å². The van der Waals surface area contributed by atoms with Crippen LogP contribution < -0.4 is 9.47 Å². The Bertz CT molecular complexity index is 271. The van der Waals surface area contributed by atoms with Crippen LogP contribution >= 0.6 is 0 Å². The van der Waals surface area contributed by atoms with Gasteiger partial charge in [0.1, 0.15) is 11.5 Å². The maximum atomic E-state index is 5.62. The molecule has 0 N–H and O–H groups in total. The number of ether oxygens (including phenoxy) is 2. The molecule has 2 nitrogen and oxygen atoms in total. The van der Waals surface area contributed by atoms with E-state index in [0.717, 1.165) is 24.5 Å². The minimum atomic E-state index is 0.799. The van der Waals surface area contributed by atoms with Crippen LogP contribution in [0.25, 0.3) is 0 Å². The monoisotopic (exact) mass is 208 g/mol. The summed E-state index contributed by atoms with van der Waals surface area (Å²) in [6.45, 7) is 3.01. The third-order valence-electron chi connectivity index (χ3n) is 2.31. The highest BCUT2D eigenvalue weighted by atomic mass is 16.5. The molecule has 0 aliphatic rings. The van der Waals surface area contributed by atoms with E-state index in [1.165, 1.54) is 19.3 Å². The molecule has 0 unspecified atom stereocenters. The lowest BCUT2D eigenvalue weighted by molar-refractivity contribution is 0.303. The van der Waals surface area contributed by atoms with Crippen LogP contribution in [0.1, 0.15) is 32.6 Å². The lowest BCUT2D eigenvalue weighted by Crippen LogP contribution is -1.97. The zero-order valence-electron chi connectivity index (χ0n) is 9.66. The van der Waals surface area contributed by atoms with Crippen molar-refractivity contribution in [2.24, 2.45) is 0 Å². The van der Waals surface area contributed by atoms with Gasteiger partial charge in [-0.25, -0.2) is 0 Å². The highest BCUT2D eigenvalue weighted by molar-refractivity contribution is 5.32. The van der Waals surface area contributed by atoms with Gasteiger partial charge in [-0.2, -0.15) is 0 Å². The molecule has 1 aromatic rings. The van der Waals surface area contributed by atoms with E-state index in [0.29, 0.717) is 0 Å². The summed E-state index contributed by atoms with van der Waals surface area (Å²) in [5.41, 5.74) is 0. The number of hydrogen-bond acceptors (Lipinski definition) is 2. The quantitative estimate of drug-likeness (QED) is 0.637. The molecule has 0 fully saturated rings. The van der Waals surface area contributed by atoms with E-state index in [9.17, 15) is 0 Å². The second-order valence-corrected chi connectivity index (χ2v) is 3.59. The Kier molecular flexibility index (Phi) is 5.67. The minimum absolute atomic E-state index is 0.799. The van der Waals surface area contributed by atoms with Gasteiger partial charge in [0.05, 0.1) is 13.7 Å². The van der Waals surface area contributed by atoms with E-state index < -0.39 is 0 Å². The Morgan fingerprint density at radius 3 is 2.60 bits per heavy atom. The van der Waals surface area contributed by atoms with Crippen LogP contribution in [0.4, 0.5) is 0 Å². The average Bonchev–Trinajstić information content (AvgIpc) is 2.29. The van der Waals surface area contributed by atoms with E-state index >= 15 is 0 Å². The summed E-state index contributed by atoms with van der Waals surface area (Å²) >= 11 is 0. The standard InChI is InChI=1S/C13H20O2/c1-3-4-5-6-10-15-13-9-7-8-12(11-13)14-2/h7-9,11H,3-6,10H2,1-2H3. The highest BCUT2D eigenvalue weighted by Crippen LogP contribution is 2.19. The van der Waals surface area contributed by atoms with Gasteiger partial charge in [0.25, 0.3) is 0 Å². The molecule has 0 radical (unpaired) electrons. The first kappa shape index (κ1) is 11.9. The van der Waals surface area contributed by atoms with Crippen molar-refractivity contribution in [2.45, 2.75) is 32.6 Å². The first-order valence-corrected chi connectivity index (χ1v) is 5.63. The maximum Gasteiger partial charge on any atom is 0.122 e. The second kappa shape index (κ2) is 7.16. The molecule has 0 aromatic heterocycles. The predicted molar refractivity (Wildman–Crippen MR) is 62.6 cm³/mol. The molecular formula is C13H20O2. The van der Waals surface area contributed by atoms with E-state index in [1.807, 2.05) is 24.3 Å². The summed E-state index contributed by atoms with van der Waals surface area (Å²) in [5.74, 6) is 1.74. The fourth-order valence-corrected chi connectivity index (χ4v) is 1.41. The molecule has 0 aliphatic carbocycles. The molecule has 0 heterocycles. The fraction of sp³-hybridized carbons (Fsp3) is 0.538. The van der Waals surface area contributed by atoms with Gasteiger partial charge in [-0.15, -0.1) is 0 Å². The lowest BCUT2D eigenvalue weighted by Gasteiger charge is -2.07. The third kappa shape index (κ3) is 4.73. The molecule has 0 saturated carbocycles. The van der Waals surface area contributed by atoms with Crippen LogP contribution in [-0.2, 0) is 0 Å². The molecule has 15 heavy (non-hydrogen) atoms. The van der Waals surface area contributed by atoms with Crippen molar-refractivity contribution < 1.29 is 9.47 Å². The molecule has 0 bridgehead atoms. The van der Waals surface area contributed by atoms with E-state index in [4.69, 9.17) is 9.47 Å². The Hall–Kier alpha value is -1.18. The summed E-state index contributed by atoms with van der Waals surface area (Å²) < 4.78 is 10.7. The van der Waals surface area contributed by atoms with Crippen molar-refractivity contribution >= 4 is 0 Å². The van der Waals surface area contributed by atoms with E-state index in [1.54, 1.807) is 7.11 Å². The Balaban J connectivity index is 2.24. The van der Waals surface area contributed by atoms with Crippen molar-refractivity contribution in [3.05, 3.63) is 24.3 Å². The topological polar surface area (TPSA) is 18.5 Å². The molecule has 2 heteroatoms. The first-order chi connectivity index (χ1) is 7.36. The Morgan fingerprint density at radius 2 is 1.87 bits per heavy atom. The van der Waals surface area contributed by atoms with Gasteiger partial charge >= 0.3 is 0 Å².